The molecule has 0 radical (unpaired) electrons. The molecule has 1 unspecified atom stereocenters. The molecule has 3 rings (SSSR count). The van der Waals surface area contributed by atoms with Gasteiger partial charge in [0.2, 0.25) is 6.79 Å². The van der Waals surface area contributed by atoms with Crippen LogP contribution in [0, 0.1) is 5.92 Å². The van der Waals surface area contributed by atoms with E-state index in [0.717, 1.165) is 35.0 Å². The Morgan fingerprint density at radius 2 is 2.17 bits per heavy atom. The van der Waals surface area contributed by atoms with Gasteiger partial charge >= 0.3 is 0 Å². The summed E-state index contributed by atoms with van der Waals surface area (Å²) in [6.07, 6.45) is 1.35. The largest absolute Gasteiger partial charge is 0.454 e. The van der Waals surface area contributed by atoms with Gasteiger partial charge in [-0.1, -0.05) is 15.9 Å². The molecule has 98 valence electrons. The number of rotatable bonds is 4. The molecule has 2 aliphatic rings. The number of nitrogens with one attached hydrogen (secondary N) is 1. The van der Waals surface area contributed by atoms with Gasteiger partial charge < -0.3 is 14.8 Å². The van der Waals surface area contributed by atoms with E-state index in [9.17, 15) is 0 Å². The van der Waals surface area contributed by atoms with Gasteiger partial charge in [0.25, 0.3) is 0 Å². The number of hydrogen-bond donors (Lipinski definition) is 1. The highest BCUT2D eigenvalue weighted by Crippen LogP contribution is 2.36. The molecule has 1 saturated heterocycles. The third-order valence-electron chi connectivity index (χ3n) is 3.31. The van der Waals surface area contributed by atoms with Crippen LogP contribution >= 0.6 is 27.7 Å². The van der Waals surface area contributed by atoms with Crippen LogP contribution in [0.3, 0.4) is 0 Å². The van der Waals surface area contributed by atoms with Crippen molar-refractivity contribution < 1.29 is 9.47 Å². The Labute approximate surface area is 120 Å². The lowest BCUT2D eigenvalue weighted by molar-refractivity contribution is 0.174. The molecule has 5 heteroatoms. The van der Waals surface area contributed by atoms with Crippen LogP contribution in [0.5, 0.6) is 11.5 Å². The molecule has 0 bridgehead atoms. The molecule has 18 heavy (non-hydrogen) atoms. The lowest BCUT2D eigenvalue weighted by Gasteiger charge is -2.11. The Bertz CT molecular complexity index is 435. The zero-order valence-corrected chi connectivity index (χ0v) is 12.5. The Morgan fingerprint density at radius 3 is 2.94 bits per heavy atom. The maximum Gasteiger partial charge on any atom is 0.231 e. The van der Waals surface area contributed by atoms with Crippen molar-refractivity contribution in [3.05, 3.63) is 22.2 Å². The van der Waals surface area contributed by atoms with E-state index in [4.69, 9.17) is 9.47 Å². The summed E-state index contributed by atoms with van der Waals surface area (Å²) in [5.74, 6) is 5.14. The minimum Gasteiger partial charge on any atom is -0.454 e. The van der Waals surface area contributed by atoms with E-state index < -0.39 is 0 Å². The van der Waals surface area contributed by atoms with Crippen molar-refractivity contribution >= 4 is 27.7 Å². The number of halogens is 1. The molecule has 3 nitrogen and oxygen atoms in total. The minimum absolute atomic E-state index is 0.331. The number of thioether (sulfide) groups is 1. The van der Waals surface area contributed by atoms with Crippen LogP contribution < -0.4 is 14.8 Å². The van der Waals surface area contributed by atoms with Crippen molar-refractivity contribution in [3.8, 4) is 11.5 Å². The van der Waals surface area contributed by atoms with Crippen LogP contribution in [-0.4, -0.2) is 24.8 Å². The smallest absolute Gasteiger partial charge is 0.231 e. The molecule has 0 saturated carbocycles. The first kappa shape index (κ1) is 12.6. The lowest BCUT2D eigenvalue weighted by Crippen LogP contribution is -2.22. The number of ether oxygens (including phenoxy) is 2. The van der Waals surface area contributed by atoms with E-state index in [1.54, 1.807) is 0 Å². The lowest BCUT2D eigenvalue weighted by atomic mass is 10.1. The maximum absolute atomic E-state index is 5.40. The molecule has 2 heterocycles. The second-order valence-corrected chi connectivity index (χ2v) is 6.66. The Hall–Kier alpha value is -0.390. The molecule has 0 aliphatic carbocycles. The summed E-state index contributed by atoms with van der Waals surface area (Å²) in [5.41, 5.74) is 1.23. The van der Waals surface area contributed by atoms with Crippen molar-refractivity contribution in [1.82, 2.24) is 5.32 Å². The fourth-order valence-corrected chi connectivity index (χ4v) is 4.00. The molecule has 1 fully saturated rings. The van der Waals surface area contributed by atoms with Crippen LogP contribution in [0.25, 0.3) is 0 Å². The van der Waals surface area contributed by atoms with E-state index in [0.29, 0.717) is 6.79 Å². The zero-order chi connectivity index (χ0) is 12.4. The molecule has 2 aliphatic heterocycles. The van der Waals surface area contributed by atoms with Gasteiger partial charge in [-0.25, -0.2) is 0 Å². The second-order valence-electron chi connectivity index (χ2n) is 4.66. The SMILES string of the molecule is Brc1cc2c(cc1CNCC1CCSC1)OCO2. The summed E-state index contributed by atoms with van der Waals surface area (Å²) in [6.45, 7) is 2.31. The van der Waals surface area contributed by atoms with Crippen molar-refractivity contribution in [1.29, 1.82) is 0 Å². The van der Waals surface area contributed by atoms with Crippen LogP contribution in [0.4, 0.5) is 0 Å². The molecule has 0 aromatic heterocycles. The fraction of sp³-hybridized carbons (Fsp3) is 0.538. The molecule has 1 aromatic carbocycles. The fourth-order valence-electron chi connectivity index (χ4n) is 2.25. The van der Waals surface area contributed by atoms with Gasteiger partial charge in [0.1, 0.15) is 0 Å². The third kappa shape index (κ3) is 2.78. The quantitative estimate of drug-likeness (QED) is 0.919. The number of benzene rings is 1. The second kappa shape index (κ2) is 5.72. The van der Waals surface area contributed by atoms with Crippen molar-refractivity contribution in [2.75, 3.05) is 24.8 Å². The normalized spacial score (nSPS) is 21.5. The Kier molecular flexibility index (Phi) is 4.01. The van der Waals surface area contributed by atoms with Gasteiger partial charge in [0, 0.05) is 11.0 Å². The Morgan fingerprint density at radius 1 is 1.33 bits per heavy atom. The first-order chi connectivity index (χ1) is 8.83. The molecular weight excluding hydrogens is 314 g/mol. The summed E-state index contributed by atoms with van der Waals surface area (Å²) >= 11 is 5.65. The molecule has 1 aromatic rings. The van der Waals surface area contributed by atoms with Crippen LogP contribution in [0.1, 0.15) is 12.0 Å². The summed E-state index contributed by atoms with van der Waals surface area (Å²) < 4.78 is 11.8. The van der Waals surface area contributed by atoms with Gasteiger partial charge in [-0.05, 0) is 48.1 Å². The van der Waals surface area contributed by atoms with Crippen molar-refractivity contribution in [2.45, 2.75) is 13.0 Å². The van der Waals surface area contributed by atoms with Crippen molar-refractivity contribution in [3.63, 3.8) is 0 Å². The number of fused-ring (bicyclic) bond motifs is 1. The van der Waals surface area contributed by atoms with E-state index >= 15 is 0 Å². The van der Waals surface area contributed by atoms with E-state index in [1.165, 1.54) is 23.5 Å². The highest BCUT2D eigenvalue weighted by Gasteiger charge is 2.17. The zero-order valence-electron chi connectivity index (χ0n) is 10.1. The van der Waals surface area contributed by atoms with E-state index in [2.05, 4.69) is 39.1 Å². The average Bonchev–Trinajstić information content (AvgIpc) is 3.00. The first-order valence-electron chi connectivity index (χ1n) is 6.19. The minimum atomic E-state index is 0.331. The summed E-state index contributed by atoms with van der Waals surface area (Å²) in [7, 11) is 0. The van der Waals surface area contributed by atoms with Crippen LogP contribution in [0.15, 0.2) is 16.6 Å². The third-order valence-corrected chi connectivity index (χ3v) is 5.28. The van der Waals surface area contributed by atoms with Gasteiger partial charge in [0.05, 0.1) is 0 Å². The highest BCUT2D eigenvalue weighted by atomic mass is 79.9. The average molecular weight is 330 g/mol. The molecule has 1 N–H and O–H groups in total. The molecule has 0 spiro atoms. The van der Waals surface area contributed by atoms with Crippen molar-refractivity contribution in [2.24, 2.45) is 5.92 Å². The molecule has 0 amide bonds. The summed E-state index contributed by atoms with van der Waals surface area (Å²) in [6, 6.07) is 4.05. The summed E-state index contributed by atoms with van der Waals surface area (Å²) in [5, 5.41) is 3.54. The summed E-state index contributed by atoms with van der Waals surface area (Å²) in [4.78, 5) is 0. The van der Waals surface area contributed by atoms with Gasteiger partial charge in [-0.2, -0.15) is 11.8 Å². The molecule has 1 atom stereocenters. The van der Waals surface area contributed by atoms with E-state index in [1.807, 2.05) is 6.07 Å². The predicted molar refractivity (Wildman–Crippen MR) is 77.4 cm³/mol. The van der Waals surface area contributed by atoms with E-state index in [-0.39, 0.29) is 0 Å². The maximum atomic E-state index is 5.40. The Balaban J connectivity index is 1.58. The highest BCUT2D eigenvalue weighted by molar-refractivity contribution is 9.10. The standard InChI is InChI=1S/C13H16BrNO2S/c14-11-4-13-12(16-8-17-13)3-10(11)6-15-5-9-1-2-18-7-9/h3-4,9,15H,1-2,5-8H2. The molecular formula is C13H16BrNO2S. The number of hydrogen-bond acceptors (Lipinski definition) is 4. The first-order valence-corrected chi connectivity index (χ1v) is 8.14. The van der Waals surface area contributed by atoms with Crippen LogP contribution in [0.2, 0.25) is 0 Å². The van der Waals surface area contributed by atoms with Gasteiger partial charge in [0.15, 0.2) is 11.5 Å². The predicted octanol–water partition coefficient (Wildman–Crippen LogP) is 3.02. The topological polar surface area (TPSA) is 30.5 Å². The van der Waals surface area contributed by atoms with Gasteiger partial charge in [-0.3, -0.25) is 0 Å². The monoisotopic (exact) mass is 329 g/mol. The van der Waals surface area contributed by atoms with Crippen LogP contribution in [-0.2, 0) is 6.54 Å². The van der Waals surface area contributed by atoms with Gasteiger partial charge in [-0.15, -0.1) is 0 Å².